The van der Waals surface area contributed by atoms with E-state index in [1.54, 1.807) is 49.8 Å². The van der Waals surface area contributed by atoms with Gasteiger partial charge in [0.05, 0.1) is 13.7 Å². The molecular weight excluding hydrogens is 426 g/mol. The van der Waals surface area contributed by atoms with Crippen LogP contribution in [-0.2, 0) is 17.9 Å². The zero-order valence-electron chi connectivity index (χ0n) is 18.0. The van der Waals surface area contributed by atoms with Gasteiger partial charge in [-0.25, -0.2) is 0 Å². The Morgan fingerprint density at radius 1 is 0.939 bits per heavy atom. The lowest BCUT2D eigenvalue weighted by atomic mass is 10.2. The van der Waals surface area contributed by atoms with E-state index in [4.69, 9.17) is 18.9 Å². The summed E-state index contributed by atoms with van der Waals surface area (Å²) in [5, 5.41) is 5.37. The number of hydrogen-bond donors (Lipinski definition) is 2. The van der Waals surface area contributed by atoms with Crippen molar-refractivity contribution in [2.75, 3.05) is 20.4 Å². The van der Waals surface area contributed by atoms with E-state index in [0.29, 0.717) is 35.2 Å². The number of nitrogens with one attached hydrogen (secondary N) is 2. The van der Waals surface area contributed by atoms with Gasteiger partial charge in [0.25, 0.3) is 5.91 Å². The summed E-state index contributed by atoms with van der Waals surface area (Å²) in [6.07, 6.45) is 3.42. The monoisotopic (exact) mass is 449 g/mol. The molecule has 9 nitrogen and oxygen atoms in total. The lowest BCUT2D eigenvalue weighted by Crippen LogP contribution is -2.36. The number of fused-ring (bicyclic) bond motifs is 1. The molecule has 9 heteroatoms. The van der Waals surface area contributed by atoms with Crippen LogP contribution in [0.25, 0.3) is 0 Å². The zero-order chi connectivity index (χ0) is 23.0. The fraction of sp³-hybridized carbons (Fsp3) is 0.208. The molecule has 0 radical (unpaired) electrons. The lowest BCUT2D eigenvalue weighted by Gasteiger charge is -2.13. The van der Waals surface area contributed by atoms with Crippen molar-refractivity contribution in [1.29, 1.82) is 0 Å². The summed E-state index contributed by atoms with van der Waals surface area (Å²) in [5.74, 6) is 1.57. The molecule has 0 bridgehead atoms. The third-order valence-corrected chi connectivity index (χ3v) is 4.91. The molecule has 0 spiro atoms. The average molecular weight is 449 g/mol. The van der Waals surface area contributed by atoms with Crippen molar-refractivity contribution >= 4 is 11.8 Å². The maximum Gasteiger partial charge on any atom is 0.251 e. The van der Waals surface area contributed by atoms with Crippen molar-refractivity contribution in [3.63, 3.8) is 0 Å². The summed E-state index contributed by atoms with van der Waals surface area (Å²) in [4.78, 5) is 28.5. The average Bonchev–Trinajstić information content (AvgIpc) is 3.33. The number of rotatable bonds is 9. The minimum atomic E-state index is -0.374. The molecule has 3 aromatic rings. The Hall–Kier alpha value is -4.27. The Morgan fingerprint density at radius 3 is 2.58 bits per heavy atom. The number of hydrogen-bond acceptors (Lipinski definition) is 7. The number of pyridine rings is 1. The van der Waals surface area contributed by atoms with Crippen molar-refractivity contribution in [2.45, 2.75) is 13.2 Å². The molecule has 0 atom stereocenters. The van der Waals surface area contributed by atoms with Crippen LogP contribution in [-0.4, -0.2) is 37.2 Å². The Kier molecular flexibility index (Phi) is 6.89. The van der Waals surface area contributed by atoms with Crippen molar-refractivity contribution in [3.8, 4) is 23.0 Å². The molecular formula is C24H23N3O6. The van der Waals surface area contributed by atoms with E-state index in [1.165, 1.54) is 0 Å². The van der Waals surface area contributed by atoms with Gasteiger partial charge in [-0.15, -0.1) is 0 Å². The largest absolute Gasteiger partial charge is 0.493 e. The number of carbonyl (C=O) groups excluding carboxylic acids is 2. The third-order valence-electron chi connectivity index (χ3n) is 4.91. The molecule has 1 aliphatic heterocycles. The molecule has 2 aromatic carbocycles. The SMILES string of the molecule is COc1cc(CNC(=O)CNC(=O)c2ccc3c(c2)OCO3)ccc1OCc1ccncc1. The summed E-state index contributed by atoms with van der Waals surface area (Å²) in [5.41, 5.74) is 2.21. The molecule has 2 N–H and O–H groups in total. The first-order valence-corrected chi connectivity index (χ1v) is 10.3. The minimum absolute atomic E-state index is 0.130. The standard InChI is InChI=1S/C24H23N3O6/c1-30-21-10-17(2-4-19(21)31-14-16-6-8-25-9-7-16)12-26-23(28)13-27-24(29)18-3-5-20-22(11-18)33-15-32-20/h2-11H,12-15H2,1H3,(H,26,28)(H,27,29). The Balaban J connectivity index is 1.25. The first-order chi connectivity index (χ1) is 16.1. The Bertz CT molecular complexity index is 1140. The number of aromatic nitrogens is 1. The van der Waals surface area contributed by atoms with Crippen LogP contribution in [0.15, 0.2) is 60.9 Å². The normalized spacial score (nSPS) is 11.5. The molecule has 170 valence electrons. The molecule has 2 amide bonds. The summed E-state index contributed by atoms with van der Waals surface area (Å²) in [6, 6.07) is 14.1. The van der Waals surface area contributed by atoms with Gasteiger partial charge in [-0.3, -0.25) is 14.6 Å². The molecule has 0 aliphatic carbocycles. The van der Waals surface area contributed by atoms with Gasteiger partial charge in [0.15, 0.2) is 23.0 Å². The van der Waals surface area contributed by atoms with Crippen LogP contribution >= 0.6 is 0 Å². The molecule has 2 heterocycles. The highest BCUT2D eigenvalue weighted by Crippen LogP contribution is 2.32. The van der Waals surface area contributed by atoms with Gasteiger partial charge in [-0.1, -0.05) is 6.07 Å². The topological polar surface area (TPSA) is 108 Å². The molecule has 0 saturated heterocycles. The zero-order valence-corrected chi connectivity index (χ0v) is 18.0. The van der Waals surface area contributed by atoms with E-state index in [1.807, 2.05) is 18.2 Å². The second-order valence-electron chi connectivity index (χ2n) is 7.16. The minimum Gasteiger partial charge on any atom is -0.493 e. The first kappa shape index (κ1) is 21.9. The highest BCUT2D eigenvalue weighted by molar-refractivity contribution is 5.97. The first-order valence-electron chi connectivity index (χ1n) is 10.3. The predicted octanol–water partition coefficient (Wildman–Crippen LogP) is 2.44. The number of amides is 2. The van der Waals surface area contributed by atoms with Crippen LogP contribution < -0.4 is 29.6 Å². The van der Waals surface area contributed by atoms with Crippen molar-refractivity contribution in [2.24, 2.45) is 0 Å². The molecule has 1 aliphatic rings. The quantitative estimate of drug-likeness (QED) is 0.517. The fourth-order valence-electron chi connectivity index (χ4n) is 3.14. The summed E-state index contributed by atoms with van der Waals surface area (Å²) < 4.78 is 21.7. The highest BCUT2D eigenvalue weighted by Gasteiger charge is 2.16. The molecule has 0 fully saturated rings. The Morgan fingerprint density at radius 2 is 1.76 bits per heavy atom. The fourth-order valence-corrected chi connectivity index (χ4v) is 3.14. The van der Waals surface area contributed by atoms with Gasteiger partial charge >= 0.3 is 0 Å². The second kappa shape index (κ2) is 10.4. The van der Waals surface area contributed by atoms with Crippen molar-refractivity contribution in [3.05, 3.63) is 77.6 Å². The summed E-state index contributed by atoms with van der Waals surface area (Å²) >= 11 is 0. The number of carbonyl (C=O) groups is 2. The van der Waals surface area contributed by atoms with Crippen LogP contribution in [0.4, 0.5) is 0 Å². The van der Waals surface area contributed by atoms with E-state index >= 15 is 0 Å². The predicted molar refractivity (Wildman–Crippen MR) is 118 cm³/mol. The van der Waals surface area contributed by atoms with Gasteiger partial charge in [-0.05, 0) is 53.6 Å². The van der Waals surface area contributed by atoms with Crippen LogP contribution in [0, 0.1) is 0 Å². The number of methoxy groups -OCH3 is 1. The van der Waals surface area contributed by atoms with E-state index in [2.05, 4.69) is 15.6 Å². The van der Waals surface area contributed by atoms with Crippen LogP contribution in [0.1, 0.15) is 21.5 Å². The molecule has 0 saturated carbocycles. The van der Waals surface area contributed by atoms with Crippen molar-refractivity contribution < 1.29 is 28.5 Å². The van der Waals surface area contributed by atoms with Gasteiger partial charge in [0.1, 0.15) is 6.61 Å². The molecule has 0 unspecified atom stereocenters. The second-order valence-corrected chi connectivity index (χ2v) is 7.16. The maximum absolute atomic E-state index is 12.3. The number of nitrogens with zero attached hydrogens (tertiary/aromatic N) is 1. The van der Waals surface area contributed by atoms with E-state index in [0.717, 1.165) is 11.1 Å². The van der Waals surface area contributed by atoms with E-state index < -0.39 is 0 Å². The van der Waals surface area contributed by atoms with Gasteiger partial charge in [0, 0.05) is 24.5 Å². The smallest absolute Gasteiger partial charge is 0.251 e. The third kappa shape index (κ3) is 5.70. The molecule has 4 rings (SSSR count). The van der Waals surface area contributed by atoms with Gasteiger partial charge in [-0.2, -0.15) is 0 Å². The van der Waals surface area contributed by atoms with E-state index in [9.17, 15) is 9.59 Å². The Labute approximate surface area is 190 Å². The summed E-state index contributed by atoms with van der Waals surface area (Å²) in [7, 11) is 1.56. The maximum atomic E-state index is 12.3. The highest BCUT2D eigenvalue weighted by atomic mass is 16.7. The van der Waals surface area contributed by atoms with Crippen molar-refractivity contribution in [1.82, 2.24) is 15.6 Å². The number of benzene rings is 2. The van der Waals surface area contributed by atoms with Gasteiger partial charge in [0.2, 0.25) is 12.7 Å². The molecule has 1 aromatic heterocycles. The lowest BCUT2D eigenvalue weighted by molar-refractivity contribution is -0.120. The van der Waals surface area contributed by atoms with Crippen LogP contribution in [0.3, 0.4) is 0 Å². The molecule has 33 heavy (non-hydrogen) atoms. The van der Waals surface area contributed by atoms with Crippen LogP contribution in [0.2, 0.25) is 0 Å². The summed E-state index contributed by atoms with van der Waals surface area (Å²) in [6.45, 7) is 0.640. The van der Waals surface area contributed by atoms with E-state index in [-0.39, 0.29) is 31.7 Å². The van der Waals surface area contributed by atoms with Gasteiger partial charge < -0.3 is 29.6 Å². The number of ether oxygens (including phenoxy) is 4. The van der Waals surface area contributed by atoms with Crippen LogP contribution in [0.5, 0.6) is 23.0 Å².